The molecule has 122 valence electrons. The van der Waals surface area contributed by atoms with Crippen molar-refractivity contribution in [1.29, 1.82) is 0 Å². The van der Waals surface area contributed by atoms with E-state index in [0.717, 1.165) is 17.5 Å². The molecule has 2 N–H and O–H groups in total. The first-order chi connectivity index (χ1) is 11.2. The van der Waals surface area contributed by atoms with Crippen molar-refractivity contribution in [2.75, 3.05) is 11.9 Å². The molecule has 0 heterocycles. The van der Waals surface area contributed by atoms with Crippen LogP contribution in [0.1, 0.15) is 24.5 Å². The molecule has 0 aromatic heterocycles. The lowest BCUT2D eigenvalue weighted by atomic mass is 10.2. The lowest BCUT2D eigenvalue weighted by Crippen LogP contribution is -2.29. The number of urea groups is 1. The minimum atomic E-state index is -0.976. The maximum Gasteiger partial charge on any atom is 0.319 e. The summed E-state index contributed by atoms with van der Waals surface area (Å²) >= 11 is 0. The number of hydrogen-bond donors (Lipinski definition) is 2. The van der Waals surface area contributed by atoms with E-state index in [4.69, 9.17) is 0 Å². The molecule has 0 aliphatic carbocycles. The van der Waals surface area contributed by atoms with Gasteiger partial charge in [0.2, 0.25) is 0 Å². The lowest BCUT2D eigenvalue weighted by Gasteiger charge is -2.08. The second kappa shape index (κ2) is 9.10. The monoisotopic (exact) mass is 330 g/mol. The van der Waals surface area contributed by atoms with Crippen molar-refractivity contribution in [3.05, 3.63) is 65.7 Å². The fourth-order valence-electron chi connectivity index (χ4n) is 2.15. The van der Waals surface area contributed by atoms with Crippen LogP contribution in [0.5, 0.6) is 0 Å². The third kappa shape index (κ3) is 6.24. The van der Waals surface area contributed by atoms with Gasteiger partial charge in [0.1, 0.15) is 0 Å². The lowest BCUT2D eigenvalue weighted by molar-refractivity contribution is 0.252. The highest BCUT2D eigenvalue weighted by Gasteiger charge is 2.06. The van der Waals surface area contributed by atoms with Crippen LogP contribution >= 0.6 is 0 Å². The van der Waals surface area contributed by atoms with Crippen LogP contribution in [-0.4, -0.2) is 16.8 Å². The molecule has 5 heteroatoms. The number of rotatable bonds is 7. The number of carbonyl (C=O) groups excluding carboxylic acids is 1. The van der Waals surface area contributed by atoms with Crippen LogP contribution in [0.2, 0.25) is 0 Å². The van der Waals surface area contributed by atoms with Crippen LogP contribution < -0.4 is 10.6 Å². The van der Waals surface area contributed by atoms with E-state index in [9.17, 15) is 9.00 Å². The van der Waals surface area contributed by atoms with Gasteiger partial charge in [-0.15, -0.1) is 0 Å². The predicted octanol–water partition coefficient (Wildman–Crippen LogP) is 3.67. The van der Waals surface area contributed by atoms with Gasteiger partial charge in [-0.05, 0) is 29.7 Å². The molecular formula is C18H22N2O2S. The Balaban J connectivity index is 1.91. The highest BCUT2D eigenvalue weighted by Crippen LogP contribution is 2.14. The van der Waals surface area contributed by atoms with E-state index in [-0.39, 0.29) is 6.03 Å². The summed E-state index contributed by atoms with van der Waals surface area (Å²) in [4.78, 5) is 11.7. The number of carbonyl (C=O) groups is 1. The maximum absolute atomic E-state index is 12.3. The fraction of sp³-hybridized carbons (Fsp3) is 0.278. The zero-order valence-corrected chi connectivity index (χ0v) is 14.1. The molecule has 2 rings (SSSR count). The van der Waals surface area contributed by atoms with E-state index >= 15 is 0 Å². The van der Waals surface area contributed by atoms with Gasteiger partial charge in [-0.25, -0.2) is 4.79 Å². The first kappa shape index (κ1) is 17.2. The van der Waals surface area contributed by atoms with Crippen LogP contribution in [0.4, 0.5) is 10.5 Å². The van der Waals surface area contributed by atoms with E-state index in [1.165, 1.54) is 0 Å². The van der Waals surface area contributed by atoms with Crippen LogP contribution in [-0.2, 0) is 22.3 Å². The van der Waals surface area contributed by atoms with Gasteiger partial charge >= 0.3 is 6.03 Å². The molecule has 4 nitrogen and oxygen atoms in total. The molecule has 1 atom stereocenters. The van der Waals surface area contributed by atoms with E-state index in [1.807, 2.05) is 61.5 Å². The molecule has 0 fully saturated rings. The number of benzene rings is 2. The van der Waals surface area contributed by atoms with Gasteiger partial charge in [-0.2, -0.15) is 0 Å². The minimum absolute atomic E-state index is 0.214. The van der Waals surface area contributed by atoms with Crippen LogP contribution in [0, 0.1) is 0 Å². The largest absolute Gasteiger partial charge is 0.338 e. The number of anilines is 1. The smallest absolute Gasteiger partial charge is 0.319 e. The topological polar surface area (TPSA) is 58.2 Å². The molecule has 0 aliphatic rings. The van der Waals surface area contributed by atoms with Crippen molar-refractivity contribution >= 4 is 22.5 Å². The van der Waals surface area contributed by atoms with Crippen LogP contribution in [0.3, 0.4) is 0 Å². The van der Waals surface area contributed by atoms with Crippen molar-refractivity contribution in [3.63, 3.8) is 0 Å². The summed E-state index contributed by atoms with van der Waals surface area (Å²) in [6, 6.07) is 17.1. The average molecular weight is 330 g/mol. The molecule has 0 spiro atoms. The summed E-state index contributed by atoms with van der Waals surface area (Å²) in [7, 11) is -0.976. The zero-order chi connectivity index (χ0) is 16.5. The molecule has 0 aliphatic heterocycles. The van der Waals surface area contributed by atoms with Crippen molar-refractivity contribution in [2.45, 2.75) is 24.9 Å². The molecule has 2 aromatic carbocycles. The van der Waals surface area contributed by atoms with E-state index in [2.05, 4.69) is 10.6 Å². The molecule has 0 saturated heterocycles. The molecule has 0 bridgehead atoms. The Labute approximate surface area is 139 Å². The Morgan fingerprint density at radius 3 is 2.43 bits per heavy atom. The van der Waals surface area contributed by atoms with Gasteiger partial charge in [-0.1, -0.05) is 49.4 Å². The Morgan fingerprint density at radius 2 is 1.70 bits per heavy atom. The van der Waals surface area contributed by atoms with Gasteiger partial charge in [-0.3, -0.25) is 4.21 Å². The molecular weight excluding hydrogens is 308 g/mol. The first-order valence-corrected chi connectivity index (χ1v) is 9.19. The average Bonchev–Trinajstić information content (AvgIpc) is 2.54. The van der Waals surface area contributed by atoms with E-state index in [0.29, 0.717) is 23.7 Å². The second-order valence-corrected chi connectivity index (χ2v) is 6.75. The number of amides is 2. The summed E-state index contributed by atoms with van der Waals surface area (Å²) in [5.41, 5.74) is 2.74. The molecule has 0 saturated carbocycles. The van der Waals surface area contributed by atoms with Gasteiger partial charge in [0, 0.05) is 34.5 Å². The van der Waals surface area contributed by atoms with Crippen LogP contribution in [0.25, 0.3) is 0 Å². The zero-order valence-electron chi connectivity index (χ0n) is 13.2. The maximum atomic E-state index is 12.3. The summed E-state index contributed by atoms with van der Waals surface area (Å²) in [6.07, 6.45) is 0.895. The first-order valence-electron chi connectivity index (χ1n) is 7.70. The summed E-state index contributed by atoms with van der Waals surface area (Å²) in [5, 5.41) is 5.55. The normalized spacial score (nSPS) is 11.7. The fourth-order valence-corrected chi connectivity index (χ4v) is 3.37. The van der Waals surface area contributed by atoms with Gasteiger partial charge in [0.05, 0.1) is 0 Å². The number of hydrogen-bond acceptors (Lipinski definition) is 2. The predicted molar refractivity (Wildman–Crippen MR) is 95.7 cm³/mol. The van der Waals surface area contributed by atoms with Crippen molar-refractivity contribution in [1.82, 2.24) is 5.32 Å². The Hall–Kier alpha value is -2.14. The molecule has 1 unspecified atom stereocenters. The molecule has 2 amide bonds. The minimum Gasteiger partial charge on any atom is -0.338 e. The van der Waals surface area contributed by atoms with E-state index < -0.39 is 10.8 Å². The Kier molecular flexibility index (Phi) is 6.81. The molecule has 2 aromatic rings. The quantitative estimate of drug-likeness (QED) is 0.814. The van der Waals surface area contributed by atoms with E-state index in [1.54, 1.807) is 0 Å². The Morgan fingerprint density at radius 1 is 1.00 bits per heavy atom. The highest BCUT2D eigenvalue weighted by atomic mass is 32.2. The molecule has 23 heavy (non-hydrogen) atoms. The third-order valence-electron chi connectivity index (χ3n) is 3.22. The Bertz CT molecular complexity index is 659. The van der Waals surface area contributed by atoms with Gasteiger partial charge < -0.3 is 10.6 Å². The van der Waals surface area contributed by atoms with Gasteiger partial charge in [0.15, 0.2) is 0 Å². The summed E-state index contributed by atoms with van der Waals surface area (Å²) in [5.74, 6) is 1.01. The second-order valence-electron chi connectivity index (χ2n) is 5.30. The van der Waals surface area contributed by atoms with Gasteiger partial charge in [0.25, 0.3) is 0 Å². The summed E-state index contributed by atoms with van der Waals surface area (Å²) < 4.78 is 12.3. The third-order valence-corrected chi connectivity index (χ3v) is 4.53. The summed E-state index contributed by atoms with van der Waals surface area (Å²) in [6.45, 7) is 2.65. The van der Waals surface area contributed by atoms with Crippen molar-refractivity contribution in [2.24, 2.45) is 0 Å². The van der Waals surface area contributed by atoms with Crippen molar-refractivity contribution < 1.29 is 9.00 Å². The standard InChI is InChI=1S/C18H22N2O2S/c1-2-11-19-18(21)20-17-10-6-9-16(12-17)14-23(22)13-15-7-4-3-5-8-15/h3-10,12H,2,11,13-14H2,1H3,(H2,19,20,21). The van der Waals surface area contributed by atoms with Crippen LogP contribution in [0.15, 0.2) is 54.6 Å². The molecule has 0 radical (unpaired) electrons. The van der Waals surface area contributed by atoms with Crippen molar-refractivity contribution in [3.8, 4) is 0 Å². The number of nitrogens with one attached hydrogen (secondary N) is 2. The highest BCUT2D eigenvalue weighted by molar-refractivity contribution is 7.83. The SMILES string of the molecule is CCCNC(=O)Nc1cccc(CS(=O)Cc2ccccc2)c1.